The molecule has 0 aliphatic carbocycles. The second-order valence-corrected chi connectivity index (χ2v) is 5.02. The molecule has 0 amide bonds. The quantitative estimate of drug-likeness (QED) is 0.842. The summed E-state index contributed by atoms with van der Waals surface area (Å²) in [5.74, 6) is 0. The van der Waals surface area contributed by atoms with Crippen molar-refractivity contribution < 1.29 is 0 Å². The Morgan fingerprint density at radius 1 is 1.28 bits per heavy atom. The van der Waals surface area contributed by atoms with E-state index in [0.717, 1.165) is 24.3 Å². The number of likely N-dealkylation sites (tertiary alicyclic amines) is 1. The van der Waals surface area contributed by atoms with Gasteiger partial charge in [0.2, 0.25) is 0 Å². The maximum atomic E-state index is 5.87. The molecule has 1 fully saturated rings. The van der Waals surface area contributed by atoms with Gasteiger partial charge in [0.25, 0.3) is 0 Å². The van der Waals surface area contributed by atoms with Gasteiger partial charge in [-0.2, -0.15) is 5.10 Å². The van der Waals surface area contributed by atoms with E-state index in [1.54, 1.807) is 0 Å². The van der Waals surface area contributed by atoms with Gasteiger partial charge in [0.1, 0.15) is 0 Å². The van der Waals surface area contributed by atoms with E-state index in [2.05, 4.69) is 22.6 Å². The second-order valence-electron chi connectivity index (χ2n) is 5.02. The van der Waals surface area contributed by atoms with E-state index in [9.17, 15) is 0 Å². The Balaban J connectivity index is 2.00. The lowest BCUT2D eigenvalue weighted by Gasteiger charge is -2.12. The molecule has 2 N–H and O–H groups in total. The molecule has 2 heterocycles. The van der Waals surface area contributed by atoms with E-state index in [-0.39, 0.29) is 0 Å². The lowest BCUT2D eigenvalue weighted by molar-refractivity contribution is 0.326. The molecule has 96 valence electrons. The summed E-state index contributed by atoms with van der Waals surface area (Å²) in [5, 5.41) is 5.98. The van der Waals surface area contributed by atoms with Crippen LogP contribution in [-0.4, -0.2) is 27.8 Å². The van der Waals surface area contributed by atoms with E-state index in [1.807, 2.05) is 12.1 Å². The predicted molar refractivity (Wildman–Crippen MR) is 74.3 cm³/mol. The van der Waals surface area contributed by atoms with Gasteiger partial charge in [-0.15, -0.1) is 0 Å². The van der Waals surface area contributed by atoms with E-state index < -0.39 is 0 Å². The molecule has 1 saturated heterocycles. The molecule has 1 aromatic carbocycles. The van der Waals surface area contributed by atoms with Crippen LogP contribution in [0.5, 0.6) is 0 Å². The molecule has 4 heteroatoms. The molecule has 1 aliphatic heterocycles. The Bertz CT molecular complexity index is 552. The van der Waals surface area contributed by atoms with Crippen LogP contribution in [0.25, 0.3) is 10.9 Å². The van der Waals surface area contributed by atoms with Gasteiger partial charge in [0.05, 0.1) is 11.2 Å². The molecular weight excluding hydrogens is 224 g/mol. The first-order valence-electron chi connectivity index (χ1n) is 6.75. The molecule has 0 saturated carbocycles. The number of hydrogen-bond donors (Lipinski definition) is 1. The van der Waals surface area contributed by atoms with Crippen molar-refractivity contribution in [3.8, 4) is 0 Å². The van der Waals surface area contributed by atoms with Gasteiger partial charge in [0.15, 0.2) is 0 Å². The average Bonchev–Trinajstić information content (AvgIpc) is 2.98. The molecule has 0 bridgehead atoms. The van der Waals surface area contributed by atoms with Crippen LogP contribution in [0.4, 0.5) is 5.69 Å². The zero-order chi connectivity index (χ0) is 12.5. The van der Waals surface area contributed by atoms with Crippen molar-refractivity contribution in [3.63, 3.8) is 0 Å². The number of fused-ring (bicyclic) bond motifs is 1. The monoisotopic (exact) mass is 244 g/mol. The summed E-state index contributed by atoms with van der Waals surface area (Å²) in [6.45, 7) is 6.38. The molecule has 1 aromatic heterocycles. The third-order valence-electron chi connectivity index (χ3n) is 3.72. The minimum atomic E-state index is 0.810. The molecule has 18 heavy (non-hydrogen) atoms. The minimum absolute atomic E-state index is 0.810. The largest absolute Gasteiger partial charge is 0.399 e. The van der Waals surface area contributed by atoms with Gasteiger partial charge in [0, 0.05) is 24.2 Å². The van der Waals surface area contributed by atoms with Crippen molar-refractivity contribution in [1.82, 2.24) is 14.7 Å². The van der Waals surface area contributed by atoms with E-state index in [1.165, 1.54) is 37.0 Å². The smallest absolute Gasteiger partial charge is 0.0843 e. The summed E-state index contributed by atoms with van der Waals surface area (Å²) in [4.78, 5) is 2.48. The summed E-state index contributed by atoms with van der Waals surface area (Å²) < 4.78 is 2.05. The van der Waals surface area contributed by atoms with Crippen molar-refractivity contribution in [3.05, 3.63) is 23.9 Å². The van der Waals surface area contributed by atoms with Gasteiger partial charge in [-0.05, 0) is 51.1 Å². The number of aromatic nitrogens is 2. The summed E-state index contributed by atoms with van der Waals surface area (Å²) in [7, 11) is 0. The second kappa shape index (κ2) is 4.61. The summed E-state index contributed by atoms with van der Waals surface area (Å²) >= 11 is 0. The van der Waals surface area contributed by atoms with Crippen molar-refractivity contribution >= 4 is 16.6 Å². The minimum Gasteiger partial charge on any atom is -0.399 e. The maximum absolute atomic E-state index is 5.87. The third-order valence-corrected chi connectivity index (χ3v) is 3.72. The van der Waals surface area contributed by atoms with Crippen LogP contribution < -0.4 is 5.73 Å². The molecule has 0 unspecified atom stereocenters. The number of nitrogens with zero attached hydrogens (tertiary/aromatic N) is 3. The molecule has 0 atom stereocenters. The van der Waals surface area contributed by atoms with E-state index in [4.69, 9.17) is 10.8 Å². The molecule has 1 aliphatic rings. The Kier molecular flexibility index (Phi) is 2.96. The van der Waals surface area contributed by atoms with Crippen molar-refractivity contribution in [2.45, 2.75) is 32.9 Å². The number of nitrogens with two attached hydrogens (primary N) is 1. The standard InChI is InChI=1S/C14H20N4/c1-2-18-14-9-11(15)5-6-12(14)13(16-18)10-17-7-3-4-8-17/h5-6,9H,2-4,7-8,10,15H2,1H3. The first-order valence-corrected chi connectivity index (χ1v) is 6.75. The zero-order valence-electron chi connectivity index (χ0n) is 10.9. The molecule has 3 rings (SSSR count). The summed E-state index contributed by atoms with van der Waals surface area (Å²) in [6, 6.07) is 6.10. The van der Waals surface area contributed by atoms with Crippen molar-refractivity contribution in [2.75, 3.05) is 18.8 Å². The summed E-state index contributed by atoms with van der Waals surface area (Å²) in [5.41, 5.74) is 9.03. The van der Waals surface area contributed by atoms with E-state index in [0.29, 0.717) is 0 Å². The Morgan fingerprint density at radius 3 is 2.78 bits per heavy atom. The van der Waals surface area contributed by atoms with Crippen LogP contribution in [0.2, 0.25) is 0 Å². The number of nitrogen functional groups attached to an aromatic ring is 1. The molecule has 0 radical (unpaired) electrons. The van der Waals surface area contributed by atoms with Crippen LogP contribution in [0.3, 0.4) is 0 Å². The summed E-state index contributed by atoms with van der Waals surface area (Å²) in [6.07, 6.45) is 2.64. The van der Waals surface area contributed by atoms with Crippen LogP contribution in [0.1, 0.15) is 25.5 Å². The zero-order valence-corrected chi connectivity index (χ0v) is 10.9. The van der Waals surface area contributed by atoms with Crippen LogP contribution in [0.15, 0.2) is 18.2 Å². The topological polar surface area (TPSA) is 47.1 Å². The normalized spacial score (nSPS) is 16.7. The maximum Gasteiger partial charge on any atom is 0.0843 e. The lowest BCUT2D eigenvalue weighted by atomic mass is 10.2. The van der Waals surface area contributed by atoms with Crippen LogP contribution >= 0.6 is 0 Å². The van der Waals surface area contributed by atoms with Gasteiger partial charge in [-0.25, -0.2) is 0 Å². The molecule has 2 aromatic rings. The fourth-order valence-electron chi connectivity index (χ4n) is 2.77. The number of anilines is 1. The average molecular weight is 244 g/mol. The first kappa shape index (κ1) is 11.5. The van der Waals surface area contributed by atoms with E-state index >= 15 is 0 Å². The number of rotatable bonds is 3. The first-order chi connectivity index (χ1) is 8.78. The Labute approximate surface area is 107 Å². The van der Waals surface area contributed by atoms with Crippen molar-refractivity contribution in [2.24, 2.45) is 0 Å². The molecule has 4 nitrogen and oxygen atoms in total. The van der Waals surface area contributed by atoms with Gasteiger partial charge >= 0.3 is 0 Å². The van der Waals surface area contributed by atoms with Gasteiger partial charge in [-0.3, -0.25) is 9.58 Å². The van der Waals surface area contributed by atoms with Crippen LogP contribution in [0, 0.1) is 0 Å². The fourth-order valence-corrected chi connectivity index (χ4v) is 2.77. The lowest BCUT2D eigenvalue weighted by Crippen LogP contribution is -2.18. The highest BCUT2D eigenvalue weighted by Gasteiger charge is 2.16. The van der Waals surface area contributed by atoms with Crippen LogP contribution in [-0.2, 0) is 13.1 Å². The molecular formula is C14H20N4. The van der Waals surface area contributed by atoms with Crippen molar-refractivity contribution in [1.29, 1.82) is 0 Å². The SMILES string of the molecule is CCn1nc(CN2CCCC2)c2ccc(N)cc21. The highest BCUT2D eigenvalue weighted by atomic mass is 15.3. The highest BCUT2D eigenvalue weighted by Crippen LogP contribution is 2.23. The fraction of sp³-hybridized carbons (Fsp3) is 0.500. The predicted octanol–water partition coefficient (Wildman–Crippen LogP) is 2.23. The Hall–Kier alpha value is -1.55. The van der Waals surface area contributed by atoms with Gasteiger partial charge < -0.3 is 5.73 Å². The van der Waals surface area contributed by atoms with Gasteiger partial charge in [-0.1, -0.05) is 0 Å². The number of benzene rings is 1. The number of hydrogen-bond acceptors (Lipinski definition) is 3. The Morgan fingerprint density at radius 2 is 2.06 bits per heavy atom. The highest BCUT2D eigenvalue weighted by molar-refractivity contribution is 5.84. The third kappa shape index (κ3) is 1.97. The molecule has 0 spiro atoms. The number of aryl methyl sites for hydroxylation is 1.